The molecule has 1 saturated heterocycles. The first-order valence-corrected chi connectivity index (χ1v) is 5.72. The molecule has 1 atom stereocenters. The summed E-state index contributed by atoms with van der Waals surface area (Å²) in [5.41, 5.74) is -0.431. The molecule has 1 heterocycles. The van der Waals surface area contributed by atoms with E-state index in [1.54, 1.807) is 0 Å². The zero-order chi connectivity index (χ0) is 9.73. The normalized spacial score (nSPS) is 21.9. The molecule has 0 saturated carbocycles. The van der Waals surface area contributed by atoms with Crippen LogP contribution in [0.25, 0.3) is 0 Å². The number of hydrogen-bond donors (Lipinski definition) is 2. The number of aliphatic hydroxyl groups excluding tert-OH is 2. The summed E-state index contributed by atoms with van der Waals surface area (Å²) in [6.07, 6.45) is 0.748. The van der Waals surface area contributed by atoms with Gasteiger partial charge in [0.15, 0.2) is 0 Å². The molecule has 2 N–H and O–H groups in total. The number of ether oxygens (including phenoxy) is 1. The van der Waals surface area contributed by atoms with Crippen LogP contribution >= 0.6 is 11.8 Å². The smallest absolute Gasteiger partial charge is 0.0593 e. The van der Waals surface area contributed by atoms with Crippen molar-refractivity contribution in [1.82, 2.24) is 0 Å². The average molecular weight is 206 g/mol. The van der Waals surface area contributed by atoms with Crippen molar-refractivity contribution >= 4 is 11.8 Å². The SMILES string of the molecule is CCC(CO)(CO)COCC1CS1. The van der Waals surface area contributed by atoms with E-state index in [2.05, 4.69) is 0 Å². The Kier molecular flexibility index (Phi) is 4.52. The van der Waals surface area contributed by atoms with Gasteiger partial charge in [0.2, 0.25) is 0 Å². The number of rotatable bonds is 7. The Hall–Kier alpha value is 0.230. The van der Waals surface area contributed by atoms with Gasteiger partial charge < -0.3 is 14.9 Å². The third-order valence-electron chi connectivity index (χ3n) is 2.54. The Morgan fingerprint density at radius 3 is 2.46 bits per heavy atom. The lowest BCUT2D eigenvalue weighted by Crippen LogP contribution is -2.34. The van der Waals surface area contributed by atoms with Crippen molar-refractivity contribution in [3.63, 3.8) is 0 Å². The van der Waals surface area contributed by atoms with Crippen LogP contribution in [0, 0.1) is 5.41 Å². The molecule has 4 heteroatoms. The second-order valence-electron chi connectivity index (χ2n) is 3.64. The van der Waals surface area contributed by atoms with Crippen molar-refractivity contribution in [1.29, 1.82) is 0 Å². The van der Waals surface area contributed by atoms with Crippen LogP contribution in [-0.2, 0) is 4.74 Å². The molecule has 1 unspecified atom stereocenters. The van der Waals surface area contributed by atoms with E-state index in [9.17, 15) is 0 Å². The Bertz CT molecular complexity index is 136. The molecule has 1 rings (SSSR count). The topological polar surface area (TPSA) is 49.7 Å². The fourth-order valence-corrected chi connectivity index (χ4v) is 1.46. The van der Waals surface area contributed by atoms with Gasteiger partial charge in [0, 0.05) is 16.4 Å². The Morgan fingerprint density at radius 1 is 1.46 bits per heavy atom. The highest BCUT2D eigenvalue weighted by molar-refractivity contribution is 8.06. The number of thioether (sulfide) groups is 1. The molecule has 0 spiro atoms. The predicted octanol–water partition coefficient (Wildman–Crippen LogP) is 0.499. The van der Waals surface area contributed by atoms with Crippen LogP contribution in [0.4, 0.5) is 0 Å². The quantitative estimate of drug-likeness (QED) is 0.596. The Labute approximate surface area is 83.5 Å². The van der Waals surface area contributed by atoms with Crippen LogP contribution in [0.5, 0.6) is 0 Å². The van der Waals surface area contributed by atoms with E-state index in [4.69, 9.17) is 14.9 Å². The largest absolute Gasteiger partial charge is 0.396 e. The van der Waals surface area contributed by atoms with Crippen molar-refractivity contribution in [3.05, 3.63) is 0 Å². The minimum Gasteiger partial charge on any atom is -0.396 e. The van der Waals surface area contributed by atoms with Crippen molar-refractivity contribution in [2.45, 2.75) is 18.6 Å². The van der Waals surface area contributed by atoms with E-state index in [0.717, 1.165) is 13.0 Å². The summed E-state index contributed by atoms with van der Waals surface area (Å²) >= 11 is 1.89. The Morgan fingerprint density at radius 2 is 2.08 bits per heavy atom. The van der Waals surface area contributed by atoms with Crippen molar-refractivity contribution in [2.24, 2.45) is 5.41 Å². The summed E-state index contributed by atoms with van der Waals surface area (Å²) < 4.78 is 5.45. The summed E-state index contributed by atoms with van der Waals surface area (Å²) in [7, 11) is 0. The van der Waals surface area contributed by atoms with Gasteiger partial charge >= 0.3 is 0 Å². The molecule has 1 aliphatic heterocycles. The first kappa shape index (κ1) is 11.3. The minimum atomic E-state index is -0.431. The van der Waals surface area contributed by atoms with E-state index < -0.39 is 5.41 Å². The van der Waals surface area contributed by atoms with Gasteiger partial charge in [-0.15, -0.1) is 0 Å². The molecular weight excluding hydrogens is 188 g/mol. The maximum absolute atomic E-state index is 9.11. The monoisotopic (exact) mass is 206 g/mol. The average Bonchev–Trinajstić information content (AvgIpc) is 2.97. The molecule has 0 aliphatic carbocycles. The molecule has 78 valence electrons. The third-order valence-corrected chi connectivity index (χ3v) is 3.48. The van der Waals surface area contributed by atoms with Gasteiger partial charge in [-0.2, -0.15) is 11.8 Å². The molecule has 13 heavy (non-hydrogen) atoms. The van der Waals surface area contributed by atoms with Gasteiger partial charge in [-0.3, -0.25) is 0 Å². The van der Waals surface area contributed by atoms with Crippen LogP contribution < -0.4 is 0 Å². The molecular formula is C9H18O3S. The molecule has 0 bridgehead atoms. The van der Waals surface area contributed by atoms with E-state index in [0.29, 0.717) is 11.9 Å². The fraction of sp³-hybridized carbons (Fsp3) is 1.00. The van der Waals surface area contributed by atoms with Gasteiger partial charge in [0.05, 0.1) is 26.4 Å². The number of hydrogen-bond acceptors (Lipinski definition) is 4. The van der Waals surface area contributed by atoms with Crippen LogP contribution in [0.3, 0.4) is 0 Å². The zero-order valence-electron chi connectivity index (χ0n) is 8.03. The summed E-state index contributed by atoms with van der Waals surface area (Å²) in [6, 6.07) is 0. The molecule has 0 amide bonds. The third kappa shape index (κ3) is 3.46. The van der Waals surface area contributed by atoms with Gasteiger partial charge in [0.25, 0.3) is 0 Å². The highest BCUT2D eigenvalue weighted by Crippen LogP contribution is 2.30. The van der Waals surface area contributed by atoms with Gasteiger partial charge in [0.1, 0.15) is 0 Å². The second kappa shape index (κ2) is 5.20. The molecule has 0 aromatic carbocycles. The maximum Gasteiger partial charge on any atom is 0.0593 e. The first-order chi connectivity index (χ1) is 6.26. The maximum atomic E-state index is 9.11. The lowest BCUT2D eigenvalue weighted by molar-refractivity contribution is -0.0278. The van der Waals surface area contributed by atoms with Crippen molar-refractivity contribution < 1.29 is 14.9 Å². The number of aliphatic hydroxyl groups is 2. The second-order valence-corrected chi connectivity index (χ2v) is 4.97. The van der Waals surface area contributed by atoms with Crippen molar-refractivity contribution in [3.8, 4) is 0 Å². The molecule has 0 aromatic heterocycles. The molecule has 1 fully saturated rings. The summed E-state index contributed by atoms with van der Waals surface area (Å²) in [5, 5.41) is 18.9. The van der Waals surface area contributed by atoms with Crippen LogP contribution in [-0.4, -0.2) is 47.6 Å². The highest BCUT2D eigenvalue weighted by atomic mass is 32.2. The van der Waals surface area contributed by atoms with Crippen LogP contribution in [0.15, 0.2) is 0 Å². The fourth-order valence-electron chi connectivity index (χ4n) is 1.04. The van der Waals surface area contributed by atoms with Crippen LogP contribution in [0.1, 0.15) is 13.3 Å². The van der Waals surface area contributed by atoms with Crippen molar-refractivity contribution in [2.75, 3.05) is 32.2 Å². The summed E-state index contributed by atoms with van der Waals surface area (Å²) in [6.45, 7) is 3.18. The van der Waals surface area contributed by atoms with E-state index in [-0.39, 0.29) is 13.2 Å². The minimum absolute atomic E-state index is 0.00217. The molecule has 0 radical (unpaired) electrons. The lowest BCUT2D eigenvalue weighted by atomic mass is 9.88. The first-order valence-electron chi connectivity index (χ1n) is 4.67. The van der Waals surface area contributed by atoms with E-state index >= 15 is 0 Å². The standard InChI is InChI=1S/C9H18O3S/c1-2-9(5-10,6-11)7-12-3-8-4-13-8/h8,10-11H,2-7H2,1H3. The van der Waals surface area contributed by atoms with Crippen LogP contribution in [0.2, 0.25) is 0 Å². The van der Waals surface area contributed by atoms with E-state index in [1.165, 1.54) is 5.75 Å². The van der Waals surface area contributed by atoms with Gasteiger partial charge in [-0.05, 0) is 6.42 Å². The highest BCUT2D eigenvalue weighted by Gasteiger charge is 2.29. The molecule has 0 aromatic rings. The van der Waals surface area contributed by atoms with Gasteiger partial charge in [-0.25, -0.2) is 0 Å². The molecule has 3 nitrogen and oxygen atoms in total. The summed E-state index contributed by atoms with van der Waals surface area (Å²) in [5.74, 6) is 1.19. The lowest BCUT2D eigenvalue weighted by Gasteiger charge is -2.27. The summed E-state index contributed by atoms with van der Waals surface area (Å²) in [4.78, 5) is 0. The van der Waals surface area contributed by atoms with Gasteiger partial charge in [-0.1, -0.05) is 6.92 Å². The Balaban J connectivity index is 2.19. The zero-order valence-corrected chi connectivity index (χ0v) is 8.85. The predicted molar refractivity (Wildman–Crippen MR) is 54.0 cm³/mol. The van der Waals surface area contributed by atoms with E-state index in [1.807, 2.05) is 18.7 Å². The molecule has 1 aliphatic rings.